The van der Waals surface area contributed by atoms with Gasteiger partial charge in [-0.15, -0.1) is 11.3 Å². The number of ether oxygens (including phenoxy) is 1. The molecule has 1 fully saturated rings. The number of aromatic nitrogens is 1. The third kappa shape index (κ3) is 1.91. The van der Waals surface area contributed by atoms with E-state index in [1.807, 2.05) is 0 Å². The van der Waals surface area contributed by atoms with Crippen LogP contribution in [0, 0.1) is 0 Å². The van der Waals surface area contributed by atoms with Gasteiger partial charge >= 0.3 is 0 Å². The van der Waals surface area contributed by atoms with Crippen molar-refractivity contribution < 1.29 is 9.53 Å². The van der Waals surface area contributed by atoms with Gasteiger partial charge in [-0.05, 0) is 25.7 Å². The van der Waals surface area contributed by atoms with Crippen LogP contribution in [0.1, 0.15) is 65.3 Å². The second-order valence-corrected chi connectivity index (χ2v) is 6.41. The molecule has 1 aromatic rings. The highest BCUT2D eigenvalue weighted by Gasteiger charge is 2.38. The fourth-order valence-electron chi connectivity index (χ4n) is 3.09. The molecule has 0 atom stereocenters. The van der Waals surface area contributed by atoms with Crippen molar-refractivity contribution in [1.82, 2.24) is 4.98 Å². The minimum Gasteiger partial charge on any atom is -0.371 e. The minimum atomic E-state index is -0.208. The number of nitrogens with zero attached hydrogens (tertiary/aromatic N) is 1. The molecule has 0 bridgehead atoms. The van der Waals surface area contributed by atoms with Crippen molar-refractivity contribution in [3.8, 4) is 0 Å². The van der Waals surface area contributed by atoms with Crippen LogP contribution >= 0.6 is 11.3 Å². The Morgan fingerprint density at radius 3 is 2.61 bits per heavy atom. The largest absolute Gasteiger partial charge is 0.371 e. The van der Waals surface area contributed by atoms with Gasteiger partial charge in [0.05, 0.1) is 0 Å². The zero-order chi connectivity index (χ0) is 12.6. The lowest BCUT2D eigenvalue weighted by atomic mass is 9.85. The van der Waals surface area contributed by atoms with Crippen LogP contribution in [-0.2, 0) is 16.8 Å². The Bertz CT molecular complexity index is 460. The van der Waals surface area contributed by atoms with Crippen LogP contribution in [0.25, 0.3) is 0 Å². The van der Waals surface area contributed by atoms with Gasteiger partial charge in [0.1, 0.15) is 16.3 Å². The number of rotatable bonds is 2. The highest BCUT2D eigenvalue weighted by Crippen LogP contribution is 2.43. The molecule has 2 aliphatic carbocycles. The SMILES string of the molecule is COC1(c2nc3c(s2)CCCC3=O)CCCCC1. The molecule has 0 aromatic carbocycles. The summed E-state index contributed by atoms with van der Waals surface area (Å²) in [6.45, 7) is 0. The fourth-order valence-corrected chi connectivity index (χ4v) is 4.44. The molecule has 0 spiro atoms. The lowest BCUT2D eigenvalue weighted by Gasteiger charge is -2.34. The van der Waals surface area contributed by atoms with E-state index >= 15 is 0 Å². The van der Waals surface area contributed by atoms with E-state index in [4.69, 9.17) is 4.74 Å². The minimum absolute atomic E-state index is 0.208. The molecule has 4 heteroatoms. The number of ketones is 1. The predicted molar refractivity (Wildman–Crippen MR) is 71.2 cm³/mol. The van der Waals surface area contributed by atoms with Crippen LogP contribution in [0.3, 0.4) is 0 Å². The molecule has 0 amide bonds. The van der Waals surface area contributed by atoms with E-state index in [9.17, 15) is 4.79 Å². The van der Waals surface area contributed by atoms with Gasteiger partial charge in [-0.1, -0.05) is 19.3 Å². The first-order chi connectivity index (χ1) is 8.75. The number of Topliss-reactive ketones (excluding diaryl/α,β-unsaturated/α-hetero) is 1. The van der Waals surface area contributed by atoms with E-state index in [2.05, 4.69) is 4.98 Å². The average molecular weight is 265 g/mol. The zero-order valence-corrected chi connectivity index (χ0v) is 11.6. The van der Waals surface area contributed by atoms with Crippen molar-refractivity contribution in [1.29, 1.82) is 0 Å². The highest BCUT2D eigenvalue weighted by molar-refractivity contribution is 7.12. The van der Waals surface area contributed by atoms with Crippen LogP contribution in [-0.4, -0.2) is 17.9 Å². The van der Waals surface area contributed by atoms with E-state index in [1.54, 1.807) is 18.4 Å². The molecule has 98 valence electrons. The number of carbonyl (C=O) groups excluding carboxylic acids is 1. The molecule has 0 radical (unpaired) electrons. The summed E-state index contributed by atoms with van der Waals surface area (Å²) in [4.78, 5) is 17.7. The molecule has 0 aliphatic heterocycles. The standard InChI is InChI=1S/C14H19NO2S/c1-17-14(8-3-2-4-9-14)13-15-12-10(16)6-5-7-11(12)18-13/h2-9H2,1H3. The number of aryl methyl sites for hydroxylation is 1. The fraction of sp³-hybridized carbons (Fsp3) is 0.714. The smallest absolute Gasteiger partial charge is 0.182 e. The normalized spacial score (nSPS) is 22.8. The van der Waals surface area contributed by atoms with Crippen LogP contribution in [0.4, 0.5) is 0 Å². The summed E-state index contributed by atoms with van der Waals surface area (Å²) in [6.07, 6.45) is 8.43. The molecule has 0 saturated heterocycles. The maximum Gasteiger partial charge on any atom is 0.182 e. The predicted octanol–water partition coefficient (Wildman–Crippen LogP) is 3.47. The van der Waals surface area contributed by atoms with Gasteiger partial charge in [-0.3, -0.25) is 4.79 Å². The molecule has 3 rings (SSSR count). The van der Waals surface area contributed by atoms with Gasteiger partial charge in [0, 0.05) is 18.4 Å². The zero-order valence-electron chi connectivity index (χ0n) is 10.8. The quantitative estimate of drug-likeness (QED) is 0.822. The maximum atomic E-state index is 11.9. The molecule has 2 aliphatic rings. The monoisotopic (exact) mass is 265 g/mol. The molecule has 3 nitrogen and oxygen atoms in total. The number of hydrogen-bond donors (Lipinski definition) is 0. The summed E-state index contributed by atoms with van der Waals surface area (Å²) < 4.78 is 5.81. The Morgan fingerprint density at radius 1 is 1.17 bits per heavy atom. The lowest BCUT2D eigenvalue weighted by molar-refractivity contribution is -0.0446. The molecule has 1 heterocycles. The van der Waals surface area contributed by atoms with Crippen LogP contribution in [0.2, 0.25) is 0 Å². The second kappa shape index (κ2) is 4.74. The second-order valence-electron chi connectivity index (χ2n) is 5.33. The van der Waals surface area contributed by atoms with Gasteiger partial charge in [0.2, 0.25) is 0 Å². The van der Waals surface area contributed by atoms with Gasteiger partial charge in [0.25, 0.3) is 0 Å². The number of methoxy groups -OCH3 is 1. The average Bonchev–Trinajstić information content (AvgIpc) is 2.85. The van der Waals surface area contributed by atoms with Crippen molar-refractivity contribution in [2.45, 2.75) is 57.0 Å². The van der Waals surface area contributed by atoms with E-state index in [0.29, 0.717) is 6.42 Å². The third-order valence-electron chi connectivity index (χ3n) is 4.21. The summed E-state index contributed by atoms with van der Waals surface area (Å²) in [7, 11) is 1.79. The number of hydrogen-bond acceptors (Lipinski definition) is 4. The topological polar surface area (TPSA) is 39.2 Å². The summed E-state index contributed by atoms with van der Waals surface area (Å²) in [6, 6.07) is 0. The van der Waals surface area contributed by atoms with E-state index < -0.39 is 0 Å². The first kappa shape index (κ1) is 12.3. The van der Waals surface area contributed by atoms with Gasteiger partial charge in [-0.2, -0.15) is 0 Å². The maximum absolute atomic E-state index is 11.9. The summed E-state index contributed by atoms with van der Waals surface area (Å²) in [5, 5.41) is 1.05. The number of fused-ring (bicyclic) bond motifs is 1. The number of carbonyl (C=O) groups is 1. The van der Waals surface area contributed by atoms with Gasteiger partial charge < -0.3 is 4.74 Å². The first-order valence-electron chi connectivity index (χ1n) is 6.84. The molecule has 0 unspecified atom stereocenters. The summed E-state index contributed by atoms with van der Waals surface area (Å²) in [5.74, 6) is 0.223. The summed E-state index contributed by atoms with van der Waals surface area (Å²) in [5.41, 5.74) is 0.531. The molecule has 0 N–H and O–H groups in total. The number of thiazole rings is 1. The van der Waals surface area contributed by atoms with E-state index in [1.165, 1.54) is 24.1 Å². The van der Waals surface area contributed by atoms with Crippen molar-refractivity contribution >= 4 is 17.1 Å². The molecular formula is C14H19NO2S. The molecule has 1 aromatic heterocycles. The third-order valence-corrected chi connectivity index (χ3v) is 5.51. The Hall–Kier alpha value is -0.740. The Morgan fingerprint density at radius 2 is 1.94 bits per heavy atom. The summed E-state index contributed by atoms with van der Waals surface area (Å²) >= 11 is 1.71. The van der Waals surface area contributed by atoms with Crippen molar-refractivity contribution in [3.63, 3.8) is 0 Å². The van der Waals surface area contributed by atoms with Crippen molar-refractivity contribution in [2.75, 3.05) is 7.11 Å². The molecule has 18 heavy (non-hydrogen) atoms. The highest BCUT2D eigenvalue weighted by atomic mass is 32.1. The van der Waals surface area contributed by atoms with Crippen molar-refractivity contribution in [2.24, 2.45) is 0 Å². The van der Waals surface area contributed by atoms with Gasteiger partial charge in [0.15, 0.2) is 5.78 Å². The molecule has 1 saturated carbocycles. The Labute approximate surface area is 112 Å². The lowest BCUT2D eigenvalue weighted by Crippen LogP contribution is -2.31. The van der Waals surface area contributed by atoms with E-state index in [0.717, 1.165) is 36.4 Å². The first-order valence-corrected chi connectivity index (χ1v) is 7.65. The van der Waals surface area contributed by atoms with Gasteiger partial charge in [-0.25, -0.2) is 4.98 Å². The van der Waals surface area contributed by atoms with Crippen molar-refractivity contribution in [3.05, 3.63) is 15.6 Å². The van der Waals surface area contributed by atoms with Crippen LogP contribution in [0.5, 0.6) is 0 Å². The van der Waals surface area contributed by atoms with Crippen LogP contribution < -0.4 is 0 Å². The van der Waals surface area contributed by atoms with E-state index in [-0.39, 0.29) is 11.4 Å². The van der Waals surface area contributed by atoms with Crippen LogP contribution in [0.15, 0.2) is 0 Å². The molecular weight excluding hydrogens is 246 g/mol. The Kier molecular flexibility index (Phi) is 3.24. The Balaban J connectivity index is 1.98.